The van der Waals surface area contributed by atoms with E-state index >= 15 is 0 Å². The molecule has 90 valence electrons. The minimum Gasteiger partial charge on any atom is -0.497 e. The van der Waals surface area contributed by atoms with Gasteiger partial charge in [-0.25, -0.2) is 4.79 Å². The highest BCUT2D eigenvalue weighted by Crippen LogP contribution is 2.34. The minimum atomic E-state index is -0.889. The molecular weight excluding hydrogens is 248 g/mol. The lowest BCUT2D eigenvalue weighted by Crippen LogP contribution is -1.96. The van der Waals surface area contributed by atoms with Crippen molar-refractivity contribution < 1.29 is 14.6 Å². The van der Waals surface area contributed by atoms with E-state index in [9.17, 15) is 9.90 Å². The summed E-state index contributed by atoms with van der Waals surface area (Å²) in [6.45, 7) is 0. The van der Waals surface area contributed by atoms with Gasteiger partial charge in [0.1, 0.15) is 5.75 Å². The number of carboxylic acids is 1. The van der Waals surface area contributed by atoms with Gasteiger partial charge in [0, 0.05) is 10.1 Å². The molecule has 4 heteroatoms. The maximum atomic E-state index is 11.3. The van der Waals surface area contributed by atoms with Gasteiger partial charge in [0.05, 0.1) is 12.7 Å². The second kappa shape index (κ2) is 3.99. The minimum absolute atomic E-state index is 0.359. The van der Waals surface area contributed by atoms with Gasteiger partial charge in [0.15, 0.2) is 0 Å². The maximum Gasteiger partial charge on any atom is 0.337 e. The highest BCUT2D eigenvalue weighted by Gasteiger charge is 2.13. The van der Waals surface area contributed by atoms with E-state index in [1.165, 1.54) is 11.3 Å². The summed E-state index contributed by atoms with van der Waals surface area (Å²) in [4.78, 5) is 11.3. The van der Waals surface area contributed by atoms with Gasteiger partial charge in [-0.15, -0.1) is 11.3 Å². The summed E-state index contributed by atoms with van der Waals surface area (Å²) in [5.41, 5.74) is 0.359. The molecule has 0 aliphatic carbocycles. The summed E-state index contributed by atoms with van der Waals surface area (Å²) in [6.07, 6.45) is 0. The lowest BCUT2D eigenvalue weighted by Gasteiger charge is -2.06. The quantitative estimate of drug-likeness (QED) is 0.761. The first-order chi connectivity index (χ1) is 8.70. The van der Waals surface area contributed by atoms with Crippen LogP contribution in [0.4, 0.5) is 0 Å². The van der Waals surface area contributed by atoms with Crippen LogP contribution in [0.5, 0.6) is 5.75 Å². The third-order valence-electron chi connectivity index (χ3n) is 2.99. The average Bonchev–Trinajstić information content (AvgIpc) is 2.86. The van der Waals surface area contributed by atoms with Crippen molar-refractivity contribution >= 4 is 38.2 Å². The van der Waals surface area contributed by atoms with E-state index in [4.69, 9.17) is 4.74 Å². The number of carboxylic acid groups (broad SMARTS) is 1. The number of methoxy groups -OCH3 is 1. The lowest BCUT2D eigenvalue weighted by atomic mass is 10.0. The average molecular weight is 258 g/mol. The Hall–Kier alpha value is -2.07. The maximum absolute atomic E-state index is 11.3. The van der Waals surface area contributed by atoms with Gasteiger partial charge in [-0.1, -0.05) is 6.07 Å². The summed E-state index contributed by atoms with van der Waals surface area (Å²) in [5.74, 6) is -0.113. The van der Waals surface area contributed by atoms with Crippen LogP contribution in [-0.4, -0.2) is 18.2 Å². The smallest absolute Gasteiger partial charge is 0.337 e. The zero-order valence-electron chi connectivity index (χ0n) is 9.64. The molecule has 0 bridgehead atoms. The fraction of sp³-hybridized carbons (Fsp3) is 0.0714. The molecule has 0 saturated carbocycles. The highest BCUT2D eigenvalue weighted by atomic mass is 32.1. The molecule has 0 spiro atoms. The topological polar surface area (TPSA) is 46.5 Å². The van der Waals surface area contributed by atoms with E-state index in [-0.39, 0.29) is 0 Å². The van der Waals surface area contributed by atoms with E-state index in [2.05, 4.69) is 0 Å². The fourth-order valence-electron chi connectivity index (χ4n) is 2.13. The van der Waals surface area contributed by atoms with Crippen molar-refractivity contribution in [3.63, 3.8) is 0 Å². The third kappa shape index (κ3) is 1.54. The van der Waals surface area contributed by atoms with Gasteiger partial charge >= 0.3 is 5.97 Å². The van der Waals surface area contributed by atoms with Crippen molar-refractivity contribution in [2.24, 2.45) is 0 Å². The van der Waals surface area contributed by atoms with Crippen LogP contribution in [0.3, 0.4) is 0 Å². The fourth-order valence-corrected chi connectivity index (χ4v) is 3.05. The molecule has 0 atom stereocenters. The van der Waals surface area contributed by atoms with E-state index in [1.54, 1.807) is 13.2 Å². The molecule has 3 nitrogen and oxygen atoms in total. The van der Waals surface area contributed by atoms with Gasteiger partial charge < -0.3 is 9.84 Å². The van der Waals surface area contributed by atoms with Crippen molar-refractivity contribution in [1.29, 1.82) is 0 Å². The van der Waals surface area contributed by atoms with Gasteiger partial charge in [-0.3, -0.25) is 0 Å². The Labute approximate surface area is 107 Å². The third-order valence-corrected chi connectivity index (χ3v) is 3.94. The molecule has 2 aromatic carbocycles. The first-order valence-corrected chi connectivity index (χ1v) is 6.30. The van der Waals surface area contributed by atoms with E-state index < -0.39 is 5.97 Å². The largest absolute Gasteiger partial charge is 0.497 e. The monoisotopic (exact) mass is 258 g/mol. The molecule has 0 fully saturated rings. The molecule has 0 unspecified atom stereocenters. The number of rotatable bonds is 2. The van der Waals surface area contributed by atoms with Crippen LogP contribution in [0, 0.1) is 0 Å². The molecule has 1 N–H and O–H groups in total. The molecule has 0 saturated heterocycles. The molecule has 3 rings (SSSR count). The molecule has 1 heterocycles. The summed E-state index contributed by atoms with van der Waals surface area (Å²) in [7, 11) is 1.62. The number of aromatic carboxylic acids is 1. The SMILES string of the molecule is COc1ccc2cc(C(=O)O)c3sccc3c2c1. The Morgan fingerprint density at radius 1 is 1.22 bits per heavy atom. The number of thiophene rings is 1. The molecule has 0 radical (unpaired) electrons. The van der Waals surface area contributed by atoms with E-state index in [0.29, 0.717) is 5.56 Å². The zero-order chi connectivity index (χ0) is 12.7. The summed E-state index contributed by atoms with van der Waals surface area (Å²) < 4.78 is 6.02. The van der Waals surface area contributed by atoms with Crippen molar-refractivity contribution in [2.45, 2.75) is 0 Å². The Morgan fingerprint density at radius 3 is 2.78 bits per heavy atom. The Morgan fingerprint density at radius 2 is 2.06 bits per heavy atom. The highest BCUT2D eigenvalue weighted by molar-refractivity contribution is 7.17. The standard InChI is InChI=1S/C14H10O3S/c1-17-9-3-2-8-6-12(14(15)16)13-10(4-5-18-13)11(8)7-9/h2-7H,1H3,(H,15,16). The Balaban J connectivity index is 2.47. The second-order valence-electron chi connectivity index (χ2n) is 3.98. The van der Waals surface area contributed by atoms with Crippen LogP contribution in [-0.2, 0) is 0 Å². The normalized spacial score (nSPS) is 10.9. The Kier molecular flexibility index (Phi) is 2.45. The predicted octanol–water partition coefficient (Wildman–Crippen LogP) is 3.76. The van der Waals surface area contributed by atoms with Crippen LogP contribution in [0.2, 0.25) is 0 Å². The second-order valence-corrected chi connectivity index (χ2v) is 4.90. The van der Waals surface area contributed by atoms with Crippen molar-refractivity contribution in [3.05, 3.63) is 41.3 Å². The van der Waals surface area contributed by atoms with E-state index in [1.807, 2.05) is 29.6 Å². The Bertz CT molecular complexity index is 758. The number of benzene rings is 2. The first kappa shape index (κ1) is 11.0. The molecule has 0 amide bonds. The van der Waals surface area contributed by atoms with Gasteiger partial charge in [-0.2, -0.15) is 0 Å². The van der Waals surface area contributed by atoms with Crippen molar-refractivity contribution in [3.8, 4) is 5.75 Å². The first-order valence-electron chi connectivity index (χ1n) is 5.42. The molecule has 3 aromatic rings. The molecule has 0 aliphatic rings. The number of ether oxygens (including phenoxy) is 1. The number of fused-ring (bicyclic) bond motifs is 3. The number of hydrogen-bond acceptors (Lipinski definition) is 3. The molecular formula is C14H10O3S. The lowest BCUT2D eigenvalue weighted by molar-refractivity contribution is 0.0699. The van der Waals surface area contributed by atoms with Crippen LogP contribution in [0.1, 0.15) is 10.4 Å². The molecule has 18 heavy (non-hydrogen) atoms. The summed E-state index contributed by atoms with van der Waals surface area (Å²) in [6, 6.07) is 9.34. The van der Waals surface area contributed by atoms with Crippen molar-refractivity contribution in [1.82, 2.24) is 0 Å². The molecule has 0 aliphatic heterocycles. The van der Waals surface area contributed by atoms with Crippen LogP contribution < -0.4 is 4.74 Å². The molecule has 1 aromatic heterocycles. The van der Waals surface area contributed by atoms with Crippen molar-refractivity contribution in [2.75, 3.05) is 7.11 Å². The van der Waals surface area contributed by atoms with Crippen LogP contribution >= 0.6 is 11.3 Å². The number of hydrogen-bond donors (Lipinski definition) is 1. The summed E-state index contributed by atoms with van der Waals surface area (Å²) >= 11 is 1.45. The summed E-state index contributed by atoms with van der Waals surface area (Å²) in [5, 5.41) is 14.1. The van der Waals surface area contributed by atoms with Gasteiger partial charge in [-0.05, 0) is 40.4 Å². The zero-order valence-corrected chi connectivity index (χ0v) is 10.5. The van der Waals surface area contributed by atoms with Gasteiger partial charge in [0.2, 0.25) is 0 Å². The number of carbonyl (C=O) groups is 1. The van der Waals surface area contributed by atoms with E-state index in [0.717, 1.165) is 26.6 Å². The predicted molar refractivity (Wildman–Crippen MR) is 72.8 cm³/mol. The van der Waals surface area contributed by atoms with Crippen LogP contribution in [0.25, 0.3) is 20.9 Å². The van der Waals surface area contributed by atoms with Gasteiger partial charge in [0.25, 0.3) is 0 Å². The van der Waals surface area contributed by atoms with Crippen LogP contribution in [0.15, 0.2) is 35.7 Å².